The average molecular weight is 285 g/mol. The van der Waals surface area contributed by atoms with Gasteiger partial charge >= 0.3 is 0 Å². The number of halogens is 1. The van der Waals surface area contributed by atoms with Crippen molar-refractivity contribution in [2.75, 3.05) is 20.1 Å². The molecule has 0 spiro atoms. The van der Waals surface area contributed by atoms with Crippen LogP contribution in [-0.2, 0) is 0 Å². The predicted molar refractivity (Wildman–Crippen MR) is 79.9 cm³/mol. The number of carbonyl (C=O) groups is 1. The molecule has 18 heavy (non-hydrogen) atoms. The maximum atomic E-state index is 11.9. The van der Waals surface area contributed by atoms with Gasteiger partial charge in [-0.05, 0) is 37.5 Å². The molecule has 0 aliphatic carbocycles. The largest absolute Gasteiger partial charge is 0.351 e. The number of carbonyl (C=O) groups excluding carboxylic acids is 1. The molecular formula is C13H17ClN2OS. The van der Waals surface area contributed by atoms with Crippen molar-refractivity contribution >= 4 is 39.7 Å². The SMILES string of the molecule is CNCCCNC(=O)c1cc2ccccc2s1.Cl. The summed E-state index contributed by atoms with van der Waals surface area (Å²) in [7, 11) is 1.91. The van der Waals surface area contributed by atoms with E-state index in [1.54, 1.807) is 11.3 Å². The molecule has 2 N–H and O–H groups in total. The van der Waals surface area contributed by atoms with Crippen molar-refractivity contribution in [2.45, 2.75) is 6.42 Å². The molecule has 0 bridgehead atoms. The molecule has 0 aliphatic rings. The zero-order valence-electron chi connectivity index (χ0n) is 10.2. The molecular weight excluding hydrogens is 268 g/mol. The molecule has 0 unspecified atom stereocenters. The maximum absolute atomic E-state index is 11.9. The highest BCUT2D eigenvalue weighted by molar-refractivity contribution is 7.20. The molecule has 1 amide bonds. The lowest BCUT2D eigenvalue weighted by Gasteiger charge is -2.02. The second-order valence-electron chi connectivity index (χ2n) is 3.86. The first-order valence-corrected chi connectivity index (χ1v) is 6.54. The first-order chi connectivity index (χ1) is 8.31. The van der Waals surface area contributed by atoms with E-state index in [0.29, 0.717) is 6.54 Å². The van der Waals surface area contributed by atoms with Gasteiger partial charge < -0.3 is 10.6 Å². The molecule has 0 radical (unpaired) electrons. The standard InChI is InChI=1S/C13H16N2OS.ClH/c1-14-7-4-8-15-13(16)12-9-10-5-2-3-6-11(10)17-12;/h2-3,5-6,9,14H,4,7-8H2,1H3,(H,15,16);1H. The maximum Gasteiger partial charge on any atom is 0.261 e. The summed E-state index contributed by atoms with van der Waals surface area (Å²) in [6, 6.07) is 10.0. The molecule has 2 aromatic rings. The van der Waals surface area contributed by atoms with Gasteiger partial charge in [0.1, 0.15) is 0 Å². The van der Waals surface area contributed by atoms with Crippen molar-refractivity contribution < 1.29 is 4.79 Å². The van der Waals surface area contributed by atoms with Crippen molar-refractivity contribution in [1.82, 2.24) is 10.6 Å². The molecule has 0 fully saturated rings. The highest BCUT2D eigenvalue weighted by Crippen LogP contribution is 2.24. The minimum atomic E-state index is 0. The number of amides is 1. The van der Waals surface area contributed by atoms with Gasteiger partial charge in [-0.3, -0.25) is 4.79 Å². The van der Waals surface area contributed by atoms with Crippen LogP contribution in [0.15, 0.2) is 30.3 Å². The lowest BCUT2D eigenvalue weighted by molar-refractivity contribution is 0.0957. The van der Waals surface area contributed by atoms with Crippen LogP contribution >= 0.6 is 23.7 Å². The van der Waals surface area contributed by atoms with Gasteiger partial charge in [-0.2, -0.15) is 0 Å². The van der Waals surface area contributed by atoms with Crippen LogP contribution in [0.3, 0.4) is 0 Å². The van der Waals surface area contributed by atoms with Crippen LogP contribution in [0, 0.1) is 0 Å². The van der Waals surface area contributed by atoms with Crippen molar-refractivity contribution in [3.8, 4) is 0 Å². The Bertz CT molecular complexity index is 479. The van der Waals surface area contributed by atoms with Gasteiger partial charge in [0, 0.05) is 11.2 Å². The van der Waals surface area contributed by atoms with E-state index in [4.69, 9.17) is 0 Å². The predicted octanol–water partition coefficient (Wildman–Crippen LogP) is 2.66. The molecule has 1 aromatic carbocycles. The van der Waals surface area contributed by atoms with Gasteiger partial charge in [-0.15, -0.1) is 23.7 Å². The van der Waals surface area contributed by atoms with E-state index >= 15 is 0 Å². The zero-order valence-corrected chi connectivity index (χ0v) is 11.9. The van der Waals surface area contributed by atoms with Gasteiger partial charge in [-0.1, -0.05) is 18.2 Å². The fourth-order valence-corrected chi connectivity index (χ4v) is 2.63. The number of rotatable bonds is 5. The number of benzene rings is 1. The summed E-state index contributed by atoms with van der Waals surface area (Å²) in [5, 5.41) is 7.12. The highest BCUT2D eigenvalue weighted by atomic mass is 35.5. The summed E-state index contributed by atoms with van der Waals surface area (Å²) < 4.78 is 1.16. The van der Waals surface area contributed by atoms with Crippen LogP contribution < -0.4 is 10.6 Å². The second kappa shape index (κ2) is 7.36. The minimum Gasteiger partial charge on any atom is -0.351 e. The summed E-state index contributed by atoms with van der Waals surface area (Å²) in [5.41, 5.74) is 0. The summed E-state index contributed by atoms with van der Waals surface area (Å²) in [6.07, 6.45) is 0.952. The lowest BCUT2D eigenvalue weighted by atomic mass is 10.2. The van der Waals surface area contributed by atoms with Gasteiger partial charge in [0.05, 0.1) is 4.88 Å². The highest BCUT2D eigenvalue weighted by Gasteiger charge is 2.08. The third-order valence-corrected chi connectivity index (χ3v) is 3.65. The number of nitrogens with one attached hydrogen (secondary N) is 2. The Morgan fingerprint density at radius 1 is 1.28 bits per heavy atom. The van der Waals surface area contributed by atoms with Gasteiger partial charge in [0.25, 0.3) is 5.91 Å². The van der Waals surface area contributed by atoms with Crippen LogP contribution in [0.4, 0.5) is 0 Å². The third kappa shape index (κ3) is 3.70. The molecule has 1 heterocycles. The van der Waals surface area contributed by atoms with Crippen LogP contribution in [0.5, 0.6) is 0 Å². The fourth-order valence-electron chi connectivity index (χ4n) is 1.65. The fraction of sp³-hybridized carbons (Fsp3) is 0.308. The number of thiophene rings is 1. The van der Waals surface area contributed by atoms with Crippen molar-refractivity contribution in [3.05, 3.63) is 35.2 Å². The topological polar surface area (TPSA) is 41.1 Å². The van der Waals surface area contributed by atoms with Gasteiger partial charge in [0.15, 0.2) is 0 Å². The Labute approximate surface area is 117 Å². The summed E-state index contributed by atoms with van der Waals surface area (Å²) in [5.74, 6) is 0.0299. The molecule has 2 rings (SSSR count). The first-order valence-electron chi connectivity index (χ1n) is 5.72. The number of hydrogen-bond acceptors (Lipinski definition) is 3. The van der Waals surface area contributed by atoms with Crippen molar-refractivity contribution in [1.29, 1.82) is 0 Å². The summed E-state index contributed by atoms with van der Waals surface area (Å²) in [4.78, 5) is 12.6. The van der Waals surface area contributed by atoms with Crippen LogP contribution in [0.25, 0.3) is 10.1 Å². The van der Waals surface area contributed by atoms with Crippen LogP contribution in [0.1, 0.15) is 16.1 Å². The Hall–Kier alpha value is -1.10. The van der Waals surface area contributed by atoms with E-state index in [9.17, 15) is 4.79 Å². The number of fused-ring (bicyclic) bond motifs is 1. The Balaban J connectivity index is 0.00000162. The second-order valence-corrected chi connectivity index (χ2v) is 4.95. The summed E-state index contributed by atoms with van der Waals surface area (Å²) in [6.45, 7) is 1.64. The zero-order chi connectivity index (χ0) is 12.1. The Kier molecular flexibility index (Phi) is 6.12. The molecule has 0 atom stereocenters. The Morgan fingerprint density at radius 3 is 2.78 bits per heavy atom. The third-order valence-electron chi connectivity index (χ3n) is 2.54. The summed E-state index contributed by atoms with van der Waals surface area (Å²) >= 11 is 1.54. The van der Waals surface area contributed by atoms with E-state index < -0.39 is 0 Å². The monoisotopic (exact) mass is 284 g/mol. The molecule has 0 saturated heterocycles. The lowest BCUT2D eigenvalue weighted by Crippen LogP contribution is -2.25. The van der Waals surface area contributed by atoms with E-state index in [-0.39, 0.29) is 18.3 Å². The van der Waals surface area contributed by atoms with Crippen LogP contribution in [0.2, 0.25) is 0 Å². The number of hydrogen-bond donors (Lipinski definition) is 2. The van der Waals surface area contributed by atoms with Crippen molar-refractivity contribution in [3.63, 3.8) is 0 Å². The first kappa shape index (κ1) is 15.0. The molecule has 98 valence electrons. The van der Waals surface area contributed by atoms with Crippen molar-refractivity contribution in [2.24, 2.45) is 0 Å². The molecule has 0 saturated carbocycles. The molecule has 5 heteroatoms. The average Bonchev–Trinajstić information content (AvgIpc) is 2.78. The van der Waals surface area contributed by atoms with E-state index in [1.165, 1.54) is 0 Å². The molecule has 1 aromatic heterocycles. The molecule has 0 aliphatic heterocycles. The Morgan fingerprint density at radius 2 is 2.06 bits per heavy atom. The minimum absolute atomic E-state index is 0. The smallest absolute Gasteiger partial charge is 0.261 e. The van der Waals surface area contributed by atoms with Crippen LogP contribution in [-0.4, -0.2) is 26.0 Å². The van der Waals surface area contributed by atoms with E-state index in [1.807, 2.05) is 37.4 Å². The van der Waals surface area contributed by atoms with Gasteiger partial charge in [0.2, 0.25) is 0 Å². The molecule has 3 nitrogen and oxygen atoms in total. The normalized spacial score (nSPS) is 10.1. The van der Waals surface area contributed by atoms with Gasteiger partial charge in [-0.25, -0.2) is 0 Å². The van der Waals surface area contributed by atoms with E-state index in [0.717, 1.165) is 27.9 Å². The van der Waals surface area contributed by atoms with E-state index in [2.05, 4.69) is 10.6 Å². The quantitative estimate of drug-likeness (QED) is 0.829.